The van der Waals surface area contributed by atoms with E-state index in [4.69, 9.17) is 4.74 Å². The lowest BCUT2D eigenvalue weighted by Gasteiger charge is -2.36. The summed E-state index contributed by atoms with van der Waals surface area (Å²) in [5.41, 5.74) is -0.818. The lowest BCUT2D eigenvalue weighted by molar-refractivity contribution is -0.0573. The molecule has 0 atom stereocenters. The van der Waals surface area contributed by atoms with E-state index in [1.807, 2.05) is 18.0 Å². The Bertz CT molecular complexity index is 496. The summed E-state index contributed by atoms with van der Waals surface area (Å²) in [6.07, 6.45) is 1.32. The molecule has 1 aliphatic heterocycles. The van der Waals surface area contributed by atoms with Gasteiger partial charge in [-0.3, -0.25) is 0 Å². The first-order valence-corrected chi connectivity index (χ1v) is 8.05. The van der Waals surface area contributed by atoms with Gasteiger partial charge in [0.2, 0.25) is 0 Å². The molecule has 0 spiro atoms. The van der Waals surface area contributed by atoms with Gasteiger partial charge in [-0.1, -0.05) is 20.8 Å². The monoisotopic (exact) mass is 357 g/mol. The number of anilines is 1. The molecular formula is C15H24BrN3O2. The van der Waals surface area contributed by atoms with Crippen molar-refractivity contribution in [2.45, 2.75) is 44.6 Å². The Hall–Kier alpha value is -0.720. The average molecular weight is 358 g/mol. The van der Waals surface area contributed by atoms with Gasteiger partial charge in [0, 0.05) is 51.1 Å². The smallest absolute Gasteiger partial charge is 0.137 e. The van der Waals surface area contributed by atoms with E-state index >= 15 is 0 Å². The zero-order valence-corrected chi connectivity index (χ0v) is 14.8. The molecule has 2 rings (SSSR count). The Morgan fingerprint density at radius 3 is 2.52 bits per heavy atom. The van der Waals surface area contributed by atoms with E-state index in [0.717, 1.165) is 16.2 Å². The normalized spacial score (nSPS) is 18.6. The Balaban J connectivity index is 2.19. The Kier molecular flexibility index (Phi) is 4.90. The van der Waals surface area contributed by atoms with E-state index in [9.17, 15) is 5.11 Å². The number of nitrogens with zero attached hydrogens (tertiary/aromatic N) is 3. The average Bonchev–Trinajstić information content (AvgIpc) is 2.37. The number of hydrogen-bond acceptors (Lipinski definition) is 5. The Morgan fingerprint density at radius 2 is 1.95 bits per heavy atom. The van der Waals surface area contributed by atoms with Crippen LogP contribution in [0.25, 0.3) is 0 Å². The fraction of sp³-hybridized carbons (Fsp3) is 0.733. The molecule has 0 radical (unpaired) electrons. The van der Waals surface area contributed by atoms with Crippen LogP contribution in [0.1, 0.15) is 39.4 Å². The lowest BCUT2D eigenvalue weighted by Crippen LogP contribution is -2.46. The van der Waals surface area contributed by atoms with E-state index < -0.39 is 5.60 Å². The van der Waals surface area contributed by atoms with Crippen LogP contribution in [0, 0.1) is 0 Å². The highest BCUT2D eigenvalue weighted by Gasteiger charge is 2.32. The van der Waals surface area contributed by atoms with Crippen LogP contribution in [0.15, 0.2) is 10.7 Å². The third-order valence-electron chi connectivity index (χ3n) is 3.70. The van der Waals surface area contributed by atoms with Crippen LogP contribution in [0.4, 0.5) is 5.82 Å². The van der Waals surface area contributed by atoms with Gasteiger partial charge in [-0.05, 0) is 15.9 Å². The van der Waals surface area contributed by atoms with Crippen LogP contribution >= 0.6 is 15.9 Å². The number of likely N-dealkylation sites (N-methyl/N-ethyl adjacent to an activating group) is 1. The molecule has 5 nitrogen and oxygen atoms in total. The number of halogens is 1. The van der Waals surface area contributed by atoms with Crippen molar-refractivity contribution >= 4 is 21.7 Å². The quantitative estimate of drug-likeness (QED) is 0.842. The standard InChI is InChI=1S/C15H24BrN3O2/c1-14(2,3)13-17-11(16)9-12(18-13)19(4)10-15(20)5-7-21-8-6-15/h9,20H,5-8,10H2,1-4H3. The first kappa shape index (κ1) is 16.6. The molecule has 1 aliphatic rings. The van der Waals surface area contributed by atoms with Crippen molar-refractivity contribution in [3.8, 4) is 0 Å². The highest BCUT2D eigenvalue weighted by molar-refractivity contribution is 9.10. The molecule has 2 heterocycles. The minimum atomic E-state index is -0.702. The molecule has 1 fully saturated rings. The molecule has 0 amide bonds. The largest absolute Gasteiger partial charge is 0.388 e. The summed E-state index contributed by atoms with van der Waals surface area (Å²) in [7, 11) is 1.95. The molecule has 21 heavy (non-hydrogen) atoms. The van der Waals surface area contributed by atoms with Gasteiger partial charge >= 0.3 is 0 Å². The van der Waals surface area contributed by atoms with Crippen LogP contribution < -0.4 is 4.90 Å². The number of rotatable bonds is 3. The Labute approximate surface area is 134 Å². The Morgan fingerprint density at radius 1 is 1.33 bits per heavy atom. The SMILES string of the molecule is CN(CC1(O)CCOCC1)c1cc(Br)nc(C(C)(C)C)n1. The number of ether oxygens (including phenoxy) is 1. The molecule has 0 bridgehead atoms. The number of aromatic nitrogens is 2. The van der Waals surface area contributed by atoms with Gasteiger partial charge in [-0.15, -0.1) is 0 Å². The van der Waals surface area contributed by atoms with E-state index in [0.29, 0.717) is 32.6 Å². The van der Waals surface area contributed by atoms with E-state index in [1.165, 1.54) is 0 Å². The second-order valence-electron chi connectivity index (χ2n) is 6.82. The number of hydrogen-bond donors (Lipinski definition) is 1. The molecule has 1 aromatic heterocycles. The van der Waals surface area contributed by atoms with Crippen molar-refractivity contribution in [2.24, 2.45) is 0 Å². The maximum absolute atomic E-state index is 10.6. The van der Waals surface area contributed by atoms with E-state index in [2.05, 4.69) is 46.7 Å². The summed E-state index contributed by atoms with van der Waals surface area (Å²) < 4.78 is 6.09. The highest BCUT2D eigenvalue weighted by Crippen LogP contribution is 2.26. The third-order valence-corrected chi connectivity index (χ3v) is 4.10. The number of aliphatic hydroxyl groups is 1. The van der Waals surface area contributed by atoms with Gasteiger partial charge in [0.25, 0.3) is 0 Å². The van der Waals surface area contributed by atoms with E-state index in [-0.39, 0.29) is 5.41 Å². The molecule has 1 N–H and O–H groups in total. The van der Waals surface area contributed by atoms with Crippen molar-refractivity contribution in [3.05, 3.63) is 16.5 Å². The summed E-state index contributed by atoms with van der Waals surface area (Å²) in [6.45, 7) is 8.04. The van der Waals surface area contributed by atoms with Crippen LogP contribution in [0.2, 0.25) is 0 Å². The summed E-state index contributed by atoms with van der Waals surface area (Å²) in [6, 6.07) is 1.89. The van der Waals surface area contributed by atoms with Gasteiger partial charge in [0.1, 0.15) is 16.2 Å². The van der Waals surface area contributed by atoms with Gasteiger partial charge in [-0.25, -0.2) is 9.97 Å². The second-order valence-corrected chi connectivity index (χ2v) is 7.63. The molecule has 0 unspecified atom stereocenters. The van der Waals surface area contributed by atoms with Crippen molar-refractivity contribution in [1.29, 1.82) is 0 Å². The van der Waals surface area contributed by atoms with Crippen molar-refractivity contribution in [3.63, 3.8) is 0 Å². The summed E-state index contributed by atoms with van der Waals surface area (Å²) in [5.74, 6) is 1.61. The van der Waals surface area contributed by atoms with Gasteiger partial charge in [-0.2, -0.15) is 0 Å². The predicted octanol–water partition coefficient (Wildman–Crippen LogP) is 2.51. The fourth-order valence-electron chi connectivity index (χ4n) is 2.37. The van der Waals surface area contributed by atoms with Crippen LogP contribution in [-0.4, -0.2) is 47.5 Å². The summed E-state index contributed by atoms with van der Waals surface area (Å²) >= 11 is 3.45. The van der Waals surface area contributed by atoms with Gasteiger partial charge < -0.3 is 14.7 Å². The minimum Gasteiger partial charge on any atom is -0.388 e. The lowest BCUT2D eigenvalue weighted by atomic mass is 9.94. The van der Waals surface area contributed by atoms with Gasteiger partial charge in [0.05, 0.1) is 5.60 Å². The fourth-order valence-corrected chi connectivity index (χ4v) is 2.74. The maximum Gasteiger partial charge on any atom is 0.137 e. The highest BCUT2D eigenvalue weighted by atomic mass is 79.9. The molecule has 1 saturated heterocycles. The molecule has 118 valence electrons. The molecule has 6 heteroatoms. The van der Waals surface area contributed by atoms with Gasteiger partial charge in [0.15, 0.2) is 0 Å². The van der Waals surface area contributed by atoms with Crippen LogP contribution in [-0.2, 0) is 10.2 Å². The zero-order valence-electron chi connectivity index (χ0n) is 13.2. The van der Waals surface area contributed by atoms with Crippen LogP contribution in [0.3, 0.4) is 0 Å². The molecule has 0 saturated carbocycles. The molecule has 1 aromatic rings. The molecular weight excluding hydrogens is 334 g/mol. The van der Waals surface area contributed by atoms with Crippen LogP contribution in [0.5, 0.6) is 0 Å². The van der Waals surface area contributed by atoms with E-state index in [1.54, 1.807) is 0 Å². The van der Waals surface area contributed by atoms with Crippen molar-refractivity contribution < 1.29 is 9.84 Å². The molecule has 0 aliphatic carbocycles. The van der Waals surface area contributed by atoms with Crippen molar-refractivity contribution in [2.75, 3.05) is 31.7 Å². The second kappa shape index (κ2) is 6.18. The molecule has 0 aromatic carbocycles. The third kappa shape index (κ3) is 4.37. The summed E-state index contributed by atoms with van der Waals surface area (Å²) in [5, 5.41) is 10.6. The predicted molar refractivity (Wildman–Crippen MR) is 86.7 cm³/mol. The zero-order chi connectivity index (χ0) is 15.7. The van der Waals surface area contributed by atoms with Crippen molar-refractivity contribution in [1.82, 2.24) is 9.97 Å². The minimum absolute atomic E-state index is 0.116. The summed E-state index contributed by atoms with van der Waals surface area (Å²) in [4.78, 5) is 11.1. The topological polar surface area (TPSA) is 58.5 Å². The maximum atomic E-state index is 10.6. The first-order chi connectivity index (χ1) is 9.70. The first-order valence-electron chi connectivity index (χ1n) is 7.26.